The molecule has 3 N–H and O–H groups in total. The van der Waals surface area contributed by atoms with Crippen molar-refractivity contribution < 1.29 is 10.2 Å². The molecule has 3 atom stereocenters. The molecule has 0 saturated heterocycles. The molecule has 0 amide bonds. The summed E-state index contributed by atoms with van der Waals surface area (Å²) >= 11 is 0. The summed E-state index contributed by atoms with van der Waals surface area (Å²) in [6.07, 6.45) is -0.163. The zero-order valence-electron chi connectivity index (χ0n) is 12.4. The smallest absolute Gasteiger partial charge is 0.0940 e. The fraction of sp³-hybridized carbons (Fsp3) is 0.625. The number of hydrogen-bond donors (Lipinski definition) is 3. The van der Waals surface area contributed by atoms with E-state index < -0.39 is 6.10 Å². The third kappa shape index (κ3) is 5.31. The van der Waals surface area contributed by atoms with Gasteiger partial charge >= 0.3 is 0 Å². The Morgan fingerprint density at radius 3 is 2.21 bits per heavy atom. The molecule has 0 fully saturated rings. The van der Waals surface area contributed by atoms with Gasteiger partial charge in [-0.3, -0.25) is 0 Å². The second kappa shape index (κ2) is 7.04. The van der Waals surface area contributed by atoms with E-state index in [1.165, 1.54) is 0 Å². The lowest BCUT2D eigenvalue weighted by molar-refractivity contribution is 0.0529. The minimum atomic E-state index is -0.520. The van der Waals surface area contributed by atoms with Crippen LogP contribution in [0.15, 0.2) is 30.3 Å². The van der Waals surface area contributed by atoms with Crippen LogP contribution in [0.25, 0.3) is 0 Å². The number of aliphatic hydroxyl groups is 2. The quantitative estimate of drug-likeness (QED) is 0.740. The summed E-state index contributed by atoms with van der Waals surface area (Å²) in [5, 5.41) is 23.4. The van der Waals surface area contributed by atoms with Crippen molar-refractivity contribution in [2.45, 2.75) is 52.4 Å². The summed E-state index contributed by atoms with van der Waals surface area (Å²) in [5.74, 6) is 0. The van der Waals surface area contributed by atoms with Gasteiger partial charge in [-0.05, 0) is 30.9 Å². The van der Waals surface area contributed by atoms with Gasteiger partial charge in [0.25, 0.3) is 0 Å². The van der Waals surface area contributed by atoms with Crippen molar-refractivity contribution in [1.29, 1.82) is 0 Å². The maximum absolute atomic E-state index is 10.2. The van der Waals surface area contributed by atoms with Crippen LogP contribution in [0.1, 0.15) is 45.8 Å². The first kappa shape index (κ1) is 16.2. The van der Waals surface area contributed by atoms with Crippen LogP contribution < -0.4 is 5.32 Å². The van der Waals surface area contributed by atoms with E-state index in [9.17, 15) is 10.2 Å². The number of aliphatic hydroxyl groups excluding tert-OH is 2. The Morgan fingerprint density at radius 1 is 1.11 bits per heavy atom. The van der Waals surface area contributed by atoms with Crippen LogP contribution in [-0.4, -0.2) is 28.9 Å². The van der Waals surface area contributed by atoms with E-state index in [1.807, 2.05) is 58.0 Å². The lowest BCUT2D eigenvalue weighted by Crippen LogP contribution is -2.36. The molecule has 0 heterocycles. The van der Waals surface area contributed by atoms with E-state index in [2.05, 4.69) is 5.32 Å². The topological polar surface area (TPSA) is 52.5 Å². The van der Waals surface area contributed by atoms with Gasteiger partial charge in [-0.15, -0.1) is 0 Å². The van der Waals surface area contributed by atoms with Gasteiger partial charge in [0.1, 0.15) is 0 Å². The molecule has 0 saturated carbocycles. The van der Waals surface area contributed by atoms with E-state index in [0.717, 1.165) is 5.56 Å². The molecule has 0 spiro atoms. The number of rotatable bonds is 6. The van der Waals surface area contributed by atoms with Crippen LogP contribution in [0.3, 0.4) is 0 Å². The first-order valence-corrected chi connectivity index (χ1v) is 6.97. The van der Waals surface area contributed by atoms with Gasteiger partial charge in [0.15, 0.2) is 0 Å². The summed E-state index contributed by atoms with van der Waals surface area (Å²) in [7, 11) is 0. The average molecular weight is 265 g/mol. The molecular formula is C16H27NO2. The Labute approximate surface area is 116 Å². The van der Waals surface area contributed by atoms with E-state index in [1.54, 1.807) is 0 Å². The minimum absolute atomic E-state index is 0.0328. The SMILES string of the molecule is CC(NCCC(O)C(C)(C)C)C(O)c1ccccc1. The summed E-state index contributed by atoms with van der Waals surface area (Å²) in [6.45, 7) is 8.74. The van der Waals surface area contributed by atoms with Crippen LogP contribution in [0.2, 0.25) is 0 Å². The first-order valence-electron chi connectivity index (χ1n) is 6.97. The predicted octanol–water partition coefficient (Wildman–Crippen LogP) is 2.50. The Bertz CT molecular complexity index is 359. The highest BCUT2D eigenvalue weighted by atomic mass is 16.3. The molecular weight excluding hydrogens is 238 g/mol. The monoisotopic (exact) mass is 265 g/mol. The Hall–Kier alpha value is -0.900. The van der Waals surface area contributed by atoms with Crippen LogP contribution in [-0.2, 0) is 0 Å². The van der Waals surface area contributed by atoms with Crippen molar-refractivity contribution in [3.8, 4) is 0 Å². The molecule has 0 aliphatic carbocycles. The molecule has 0 aliphatic heterocycles. The van der Waals surface area contributed by atoms with E-state index >= 15 is 0 Å². The molecule has 1 rings (SSSR count). The van der Waals surface area contributed by atoms with Crippen LogP contribution in [0.5, 0.6) is 0 Å². The number of nitrogens with one attached hydrogen (secondary N) is 1. The summed E-state index contributed by atoms with van der Waals surface area (Å²) in [4.78, 5) is 0. The highest BCUT2D eigenvalue weighted by molar-refractivity contribution is 5.18. The molecule has 3 heteroatoms. The molecule has 3 unspecified atom stereocenters. The maximum atomic E-state index is 10.2. The van der Waals surface area contributed by atoms with Crippen molar-refractivity contribution >= 4 is 0 Å². The first-order chi connectivity index (χ1) is 8.82. The molecule has 1 aromatic carbocycles. The molecule has 108 valence electrons. The van der Waals surface area contributed by atoms with Crippen molar-refractivity contribution in [2.24, 2.45) is 5.41 Å². The van der Waals surface area contributed by atoms with Crippen LogP contribution in [0, 0.1) is 5.41 Å². The zero-order chi connectivity index (χ0) is 14.5. The van der Waals surface area contributed by atoms with E-state index in [-0.39, 0.29) is 17.6 Å². The molecule has 0 bridgehead atoms. The van der Waals surface area contributed by atoms with Gasteiger partial charge < -0.3 is 15.5 Å². The molecule has 0 radical (unpaired) electrons. The number of hydrogen-bond acceptors (Lipinski definition) is 3. The van der Waals surface area contributed by atoms with Crippen molar-refractivity contribution in [1.82, 2.24) is 5.32 Å². The highest BCUT2D eigenvalue weighted by Crippen LogP contribution is 2.21. The highest BCUT2D eigenvalue weighted by Gasteiger charge is 2.22. The van der Waals surface area contributed by atoms with Gasteiger partial charge in [-0.25, -0.2) is 0 Å². The summed E-state index contributed by atoms with van der Waals surface area (Å²) < 4.78 is 0. The van der Waals surface area contributed by atoms with Gasteiger partial charge in [-0.2, -0.15) is 0 Å². The minimum Gasteiger partial charge on any atom is -0.393 e. The zero-order valence-corrected chi connectivity index (χ0v) is 12.4. The third-order valence-corrected chi connectivity index (χ3v) is 3.50. The van der Waals surface area contributed by atoms with Crippen LogP contribution in [0.4, 0.5) is 0 Å². The van der Waals surface area contributed by atoms with Gasteiger partial charge in [-0.1, -0.05) is 51.1 Å². The maximum Gasteiger partial charge on any atom is 0.0940 e. The third-order valence-electron chi connectivity index (χ3n) is 3.50. The molecule has 0 aromatic heterocycles. The molecule has 1 aromatic rings. The fourth-order valence-electron chi connectivity index (χ4n) is 1.93. The second-order valence-corrected chi connectivity index (χ2v) is 6.27. The molecule has 19 heavy (non-hydrogen) atoms. The normalized spacial score (nSPS) is 16.9. The standard InChI is InChI=1S/C16H27NO2/c1-12(15(19)13-8-6-5-7-9-13)17-11-10-14(18)16(2,3)4/h5-9,12,14-15,17-19H,10-11H2,1-4H3. The van der Waals surface area contributed by atoms with Crippen LogP contribution >= 0.6 is 0 Å². The largest absolute Gasteiger partial charge is 0.393 e. The molecule has 3 nitrogen and oxygen atoms in total. The Kier molecular flexibility index (Phi) is 5.98. The average Bonchev–Trinajstić information content (AvgIpc) is 2.37. The van der Waals surface area contributed by atoms with E-state index in [4.69, 9.17) is 0 Å². The second-order valence-electron chi connectivity index (χ2n) is 6.27. The Balaban J connectivity index is 2.38. The number of benzene rings is 1. The predicted molar refractivity (Wildman–Crippen MR) is 78.9 cm³/mol. The van der Waals surface area contributed by atoms with Crippen molar-refractivity contribution in [2.75, 3.05) is 6.54 Å². The van der Waals surface area contributed by atoms with Crippen molar-refractivity contribution in [3.05, 3.63) is 35.9 Å². The van der Waals surface area contributed by atoms with Gasteiger partial charge in [0, 0.05) is 6.04 Å². The van der Waals surface area contributed by atoms with Gasteiger partial charge in [0.2, 0.25) is 0 Å². The Morgan fingerprint density at radius 2 is 1.68 bits per heavy atom. The summed E-state index contributed by atoms with van der Waals surface area (Å²) in [5.41, 5.74) is 0.821. The van der Waals surface area contributed by atoms with Gasteiger partial charge in [0.05, 0.1) is 12.2 Å². The lowest BCUT2D eigenvalue weighted by atomic mass is 9.87. The fourth-order valence-corrected chi connectivity index (χ4v) is 1.93. The molecule has 0 aliphatic rings. The van der Waals surface area contributed by atoms with E-state index in [0.29, 0.717) is 13.0 Å². The van der Waals surface area contributed by atoms with Crippen molar-refractivity contribution in [3.63, 3.8) is 0 Å². The summed E-state index contributed by atoms with van der Waals surface area (Å²) in [6, 6.07) is 9.60. The lowest BCUT2D eigenvalue weighted by Gasteiger charge is -2.27.